The van der Waals surface area contributed by atoms with Crippen molar-refractivity contribution in [2.24, 2.45) is 0 Å². The molecular weight excluding hydrogens is 278 g/mol. The molecule has 1 aromatic carbocycles. The summed E-state index contributed by atoms with van der Waals surface area (Å²) < 4.78 is 5.50. The molecule has 1 heterocycles. The molecule has 1 aliphatic rings. The van der Waals surface area contributed by atoms with Gasteiger partial charge in [-0.25, -0.2) is 4.79 Å². The number of nitrogens with two attached hydrogens (primary N) is 1. The van der Waals surface area contributed by atoms with Gasteiger partial charge in [-0.05, 0) is 37.0 Å². The standard InChI is InChI=1S/C18H21NO3/c19-13-7-5-6-12(10-13)11-15-17(20)14-8-3-1-2-4-9-16(14)22-18(15)21/h5-7,10,20H,1-4,8-9,11,19H2. The number of hydrogen-bond acceptors (Lipinski definition) is 4. The molecule has 0 bridgehead atoms. The van der Waals surface area contributed by atoms with E-state index in [-0.39, 0.29) is 5.75 Å². The zero-order valence-corrected chi connectivity index (χ0v) is 12.6. The van der Waals surface area contributed by atoms with Crippen LogP contribution in [0.25, 0.3) is 0 Å². The summed E-state index contributed by atoms with van der Waals surface area (Å²) in [5.74, 6) is 0.786. The van der Waals surface area contributed by atoms with Gasteiger partial charge in [0.25, 0.3) is 0 Å². The quantitative estimate of drug-likeness (QED) is 0.835. The molecule has 0 atom stereocenters. The van der Waals surface area contributed by atoms with E-state index in [1.54, 1.807) is 6.07 Å². The molecule has 3 N–H and O–H groups in total. The second kappa shape index (κ2) is 6.26. The van der Waals surface area contributed by atoms with Crippen LogP contribution < -0.4 is 11.4 Å². The first-order chi connectivity index (χ1) is 10.6. The summed E-state index contributed by atoms with van der Waals surface area (Å²) >= 11 is 0. The Labute approximate surface area is 129 Å². The summed E-state index contributed by atoms with van der Waals surface area (Å²) in [4.78, 5) is 12.2. The highest BCUT2D eigenvalue weighted by Gasteiger charge is 2.20. The van der Waals surface area contributed by atoms with E-state index in [2.05, 4.69) is 0 Å². The third-order valence-corrected chi connectivity index (χ3v) is 4.28. The van der Waals surface area contributed by atoms with Crippen LogP contribution in [0.4, 0.5) is 5.69 Å². The Morgan fingerprint density at radius 3 is 2.68 bits per heavy atom. The lowest BCUT2D eigenvalue weighted by Gasteiger charge is -2.15. The van der Waals surface area contributed by atoms with Crippen molar-refractivity contribution < 1.29 is 9.52 Å². The molecule has 1 aliphatic carbocycles. The van der Waals surface area contributed by atoms with Crippen LogP contribution in [0.2, 0.25) is 0 Å². The second-order valence-corrected chi connectivity index (χ2v) is 5.95. The molecule has 0 spiro atoms. The first-order valence-corrected chi connectivity index (χ1v) is 7.86. The van der Waals surface area contributed by atoms with Gasteiger partial charge in [-0.3, -0.25) is 0 Å². The summed E-state index contributed by atoms with van der Waals surface area (Å²) in [5, 5.41) is 10.6. The number of hydrogen-bond donors (Lipinski definition) is 2. The lowest BCUT2D eigenvalue weighted by atomic mass is 9.95. The van der Waals surface area contributed by atoms with Gasteiger partial charge in [0, 0.05) is 24.1 Å². The molecule has 0 amide bonds. The van der Waals surface area contributed by atoms with Crippen LogP contribution in [0.1, 0.15) is 48.1 Å². The molecule has 2 aromatic rings. The molecule has 0 saturated carbocycles. The minimum atomic E-state index is -0.431. The summed E-state index contributed by atoms with van der Waals surface area (Å²) in [6.45, 7) is 0. The summed E-state index contributed by atoms with van der Waals surface area (Å²) in [7, 11) is 0. The topological polar surface area (TPSA) is 76.5 Å². The van der Waals surface area contributed by atoms with Gasteiger partial charge in [-0.15, -0.1) is 0 Å². The van der Waals surface area contributed by atoms with E-state index in [1.807, 2.05) is 18.2 Å². The minimum Gasteiger partial charge on any atom is -0.507 e. The number of rotatable bonds is 2. The van der Waals surface area contributed by atoms with Crippen LogP contribution in [-0.4, -0.2) is 5.11 Å². The van der Waals surface area contributed by atoms with Gasteiger partial charge in [-0.1, -0.05) is 25.0 Å². The van der Waals surface area contributed by atoms with Gasteiger partial charge in [0.05, 0.1) is 5.56 Å². The highest BCUT2D eigenvalue weighted by Crippen LogP contribution is 2.30. The maximum atomic E-state index is 12.2. The van der Waals surface area contributed by atoms with E-state index in [4.69, 9.17) is 10.2 Å². The Morgan fingerprint density at radius 2 is 1.91 bits per heavy atom. The molecule has 0 unspecified atom stereocenters. The van der Waals surface area contributed by atoms with Crippen molar-refractivity contribution >= 4 is 5.69 Å². The van der Waals surface area contributed by atoms with E-state index < -0.39 is 5.63 Å². The molecule has 0 aliphatic heterocycles. The van der Waals surface area contributed by atoms with E-state index in [1.165, 1.54) is 0 Å². The fourth-order valence-electron chi connectivity index (χ4n) is 3.11. The van der Waals surface area contributed by atoms with E-state index in [0.717, 1.165) is 49.7 Å². The third-order valence-electron chi connectivity index (χ3n) is 4.28. The molecular formula is C18H21NO3. The maximum Gasteiger partial charge on any atom is 0.343 e. The molecule has 0 saturated heterocycles. The molecule has 116 valence electrons. The zero-order valence-electron chi connectivity index (χ0n) is 12.6. The fraction of sp³-hybridized carbons (Fsp3) is 0.389. The van der Waals surface area contributed by atoms with Gasteiger partial charge < -0.3 is 15.3 Å². The SMILES string of the molecule is Nc1cccc(Cc2c(O)c3c(oc2=O)CCCCCC3)c1. The molecule has 4 nitrogen and oxygen atoms in total. The normalized spacial score (nSPS) is 14.9. The van der Waals surface area contributed by atoms with Crippen molar-refractivity contribution in [3.63, 3.8) is 0 Å². The number of benzene rings is 1. The lowest BCUT2D eigenvalue weighted by molar-refractivity contribution is 0.390. The largest absolute Gasteiger partial charge is 0.507 e. The monoisotopic (exact) mass is 299 g/mol. The van der Waals surface area contributed by atoms with Crippen molar-refractivity contribution in [2.75, 3.05) is 5.73 Å². The molecule has 1 aromatic heterocycles. The highest BCUT2D eigenvalue weighted by atomic mass is 16.4. The molecule has 0 radical (unpaired) electrons. The number of aromatic hydroxyl groups is 1. The molecule has 3 rings (SSSR count). The Balaban J connectivity index is 2.01. The minimum absolute atomic E-state index is 0.121. The first kappa shape index (κ1) is 14.7. The van der Waals surface area contributed by atoms with Gasteiger partial charge in [-0.2, -0.15) is 0 Å². The van der Waals surface area contributed by atoms with Crippen molar-refractivity contribution in [3.05, 3.63) is 57.1 Å². The number of anilines is 1. The molecule has 4 heteroatoms. The van der Waals surface area contributed by atoms with E-state index in [9.17, 15) is 9.90 Å². The van der Waals surface area contributed by atoms with Crippen LogP contribution >= 0.6 is 0 Å². The summed E-state index contributed by atoms with van der Waals surface area (Å²) in [6, 6.07) is 7.35. The Hall–Kier alpha value is -2.23. The van der Waals surface area contributed by atoms with E-state index in [0.29, 0.717) is 23.4 Å². The number of nitrogen functional groups attached to an aromatic ring is 1. The Kier molecular flexibility index (Phi) is 4.18. The predicted octanol–water partition coefficient (Wildman–Crippen LogP) is 3.18. The zero-order chi connectivity index (χ0) is 15.5. The fourth-order valence-corrected chi connectivity index (χ4v) is 3.11. The lowest BCUT2D eigenvalue weighted by Crippen LogP contribution is -2.14. The number of aryl methyl sites for hydroxylation is 1. The van der Waals surface area contributed by atoms with Crippen LogP contribution in [0.15, 0.2) is 33.5 Å². The summed E-state index contributed by atoms with van der Waals surface area (Å²) in [6.07, 6.45) is 6.17. The van der Waals surface area contributed by atoms with Crippen molar-refractivity contribution in [2.45, 2.75) is 44.9 Å². The van der Waals surface area contributed by atoms with Crippen LogP contribution in [0.3, 0.4) is 0 Å². The van der Waals surface area contributed by atoms with Crippen molar-refractivity contribution in [3.8, 4) is 5.75 Å². The van der Waals surface area contributed by atoms with Crippen LogP contribution in [0.5, 0.6) is 5.75 Å². The second-order valence-electron chi connectivity index (χ2n) is 5.95. The highest BCUT2D eigenvalue weighted by molar-refractivity contribution is 5.46. The van der Waals surface area contributed by atoms with Crippen LogP contribution in [0, 0.1) is 0 Å². The third kappa shape index (κ3) is 3.01. The van der Waals surface area contributed by atoms with Gasteiger partial charge in [0.2, 0.25) is 0 Å². The smallest absolute Gasteiger partial charge is 0.343 e. The molecule has 22 heavy (non-hydrogen) atoms. The van der Waals surface area contributed by atoms with Crippen molar-refractivity contribution in [1.82, 2.24) is 0 Å². The van der Waals surface area contributed by atoms with E-state index >= 15 is 0 Å². The Morgan fingerprint density at radius 1 is 1.14 bits per heavy atom. The predicted molar refractivity (Wildman–Crippen MR) is 86.2 cm³/mol. The van der Waals surface area contributed by atoms with Gasteiger partial charge in [0.1, 0.15) is 11.5 Å². The average Bonchev–Trinajstić information content (AvgIpc) is 2.46. The van der Waals surface area contributed by atoms with Gasteiger partial charge in [0.15, 0.2) is 0 Å². The van der Waals surface area contributed by atoms with Crippen molar-refractivity contribution in [1.29, 1.82) is 0 Å². The Bertz CT molecular complexity index is 734. The summed E-state index contributed by atoms with van der Waals surface area (Å²) in [5.41, 5.74) is 8.04. The average molecular weight is 299 g/mol. The first-order valence-electron chi connectivity index (χ1n) is 7.86. The van der Waals surface area contributed by atoms with Gasteiger partial charge >= 0.3 is 5.63 Å². The maximum absolute atomic E-state index is 12.2. The van der Waals surface area contributed by atoms with Crippen LogP contribution in [-0.2, 0) is 19.3 Å². The number of fused-ring (bicyclic) bond motifs is 1. The molecule has 0 fully saturated rings.